The molecule has 0 bridgehead atoms. The zero-order valence-electron chi connectivity index (χ0n) is 39.1. The zero-order valence-corrected chi connectivity index (χ0v) is 39.1. The predicted octanol–water partition coefficient (Wildman–Crippen LogP) is 10.0. The van der Waals surface area contributed by atoms with E-state index in [1.165, 1.54) is 123 Å². The van der Waals surface area contributed by atoms with Gasteiger partial charge in [-0.2, -0.15) is 0 Å². The van der Waals surface area contributed by atoms with Gasteiger partial charge in [0.1, 0.15) is 25.3 Å². The minimum atomic E-state index is -1.12. The molecule has 0 aromatic rings. The Balaban J connectivity index is 5.11. The summed E-state index contributed by atoms with van der Waals surface area (Å²) in [5.74, 6) is -1.70. The number of carbonyl (C=O) groups excluding carboxylic acids is 5. The van der Waals surface area contributed by atoms with Crippen LogP contribution in [0.2, 0.25) is 0 Å². The van der Waals surface area contributed by atoms with Crippen LogP contribution in [0, 0.1) is 0 Å². The molecule has 0 aliphatic rings. The largest absolute Gasteiger partial charge is 0.466 e. The van der Waals surface area contributed by atoms with Crippen LogP contribution in [0.25, 0.3) is 0 Å². The number of ether oxygens (including phenoxy) is 6. The van der Waals surface area contributed by atoms with E-state index >= 15 is 0 Å². The molecular formula is C47H89N3O11. The van der Waals surface area contributed by atoms with Gasteiger partial charge >= 0.3 is 24.1 Å². The molecule has 0 spiro atoms. The molecule has 0 saturated carbocycles. The molecule has 61 heavy (non-hydrogen) atoms. The number of amides is 3. The fourth-order valence-corrected chi connectivity index (χ4v) is 6.80. The minimum absolute atomic E-state index is 0.0127. The molecule has 0 rings (SSSR count). The Hall–Kier alpha value is -3.13. The molecule has 0 aromatic heterocycles. The van der Waals surface area contributed by atoms with E-state index in [4.69, 9.17) is 28.4 Å². The number of rotatable bonds is 44. The summed E-state index contributed by atoms with van der Waals surface area (Å²) in [4.78, 5) is 64.2. The van der Waals surface area contributed by atoms with Crippen molar-refractivity contribution in [3.05, 3.63) is 0 Å². The van der Waals surface area contributed by atoms with Crippen molar-refractivity contribution in [1.29, 1.82) is 0 Å². The first-order chi connectivity index (χ1) is 29.8. The summed E-state index contributed by atoms with van der Waals surface area (Å²) < 4.78 is 31.1. The van der Waals surface area contributed by atoms with Crippen LogP contribution in [-0.2, 0) is 42.8 Å². The minimum Gasteiger partial charge on any atom is -0.466 e. The molecule has 358 valence electrons. The quantitative estimate of drug-likeness (QED) is 0.0302. The van der Waals surface area contributed by atoms with E-state index in [-0.39, 0.29) is 58.8 Å². The Bertz CT molecular complexity index is 1060. The summed E-state index contributed by atoms with van der Waals surface area (Å²) in [5, 5.41) is 7.95. The third kappa shape index (κ3) is 39.5. The second-order valence-electron chi connectivity index (χ2n) is 16.1. The maximum atomic E-state index is 13.7. The van der Waals surface area contributed by atoms with E-state index in [1.807, 2.05) is 0 Å². The van der Waals surface area contributed by atoms with E-state index in [1.54, 1.807) is 0 Å². The lowest BCUT2D eigenvalue weighted by atomic mass is 10.1. The van der Waals surface area contributed by atoms with Gasteiger partial charge < -0.3 is 44.4 Å². The molecule has 0 radical (unpaired) electrons. The number of esters is 2. The van der Waals surface area contributed by atoms with Crippen molar-refractivity contribution in [3.8, 4) is 0 Å². The van der Waals surface area contributed by atoms with Gasteiger partial charge in [0.25, 0.3) is 0 Å². The van der Waals surface area contributed by atoms with Gasteiger partial charge in [0.15, 0.2) is 0 Å². The van der Waals surface area contributed by atoms with E-state index < -0.39 is 42.1 Å². The fraction of sp³-hybridized carbons (Fsp3) is 0.894. The highest BCUT2D eigenvalue weighted by Crippen LogP contribution is 2.14. The van der Waals surface area contributed by atoms with E-state index in [0.29, 0.717) is 25.9 Å². The van der Waals surface area contributed by atoms with Crippen LogP contribution >= 0.6 is 0 Å². The summed E-state index contributed by atoms with van der Waals surface area (Å²) >= 11 is 0. The second-order valence-corrected chi connectivity index (χ2v) is 16.1. The zero-order chi connectivity index (χ0) is 44.9. The molecule has 3 N–H and O–H groups in total. The Morgan fingerprint density at radius 2 is 0.852 bits per heavy atom. The first kappa shape index (κ1) is 57.9. The van der Waals surface area contributed by atoms with Crippen LogP contribution in [0.4, 0.5) is 9.59 Å². The molecule has 0 aliphatic carbocycles. The Kier molecular flexibility index (Phi) is 42.6. The molecule has 0 fully saturated rings. The normalized spacial score (nSPS) is 12.0. The van der Waals surface area contributed by atoms with Gasteiger partial charge in [0.05, 0.1) is 26.4 Å². The van der Waals surface area contributed by atoms with Gasteiger partial charge in [-0.05, 0) is 38.5 Å². The Morgan fingerprint density at radius 3 is 1.33 bits per heavy atom. The van der Waals surface area contributed by atoms with E-state index in [0.717, 1.165) is 38.5 Å². The third-order valence-corrected chi connectivity index (χ3v) is 10.6. The van der Waals surface area contributed by atoms with Crippen molar-refractivity contribution < 1.29 is 52.4 Å². The average molecular weight is 872 g/mol. The van der Waals surface area contributed by atoms with Gasteiger partial charge in [-0.15, -0.1) is 0 Å². The van der Waals surface area contributed by atoms with Crippen LogP contribution in [0.3, 0.4) is 0 Å². The van der Waals surface area contributed by atoms with Crippen LogP contribution in [-0.4, -0.2) is 103 Å². The maximum Gasteiger partial charge on any atom is 0.407 e. The number of hydrogen-bond acceptors (Lipinski definition) is 11. The van der Waals surface area contributed by atoms with Crippen molar-refractivity contribution >= 4 is 30.0 Å². The maximum absolute atomic E-state index is 13.7. The number of hydrogen-bond donors (Lipinski definition) is 3. The lowest BCUT2D eigenvalue weighted by Gasteiger charge is -2.22. The lowest BCUT2D eigenvalue weighted by Crippen LogP contribution is -2.52. The van der Waals surface area contributed by atoms with Gasteiger partial charge in [-0.25, -0.2) is 14.4 Å². The number of carbonyl (C=O) groups is 5. The highest BCUT2D eigenvalue weighted by Gasteiger charge is 2.29. The first-order valence-electron chi connectivity index (χ1n) is 24.2. The second kappa shape index (κ2) is 44.9. The predicted molar refractivity (Wildman–Crippen MR) is 240 cm³/mol. The highest BCUT2D eigenvalue weighted by atomic mass is 16.6. The monoisotopic (exact) mass is 872 g/mol. The standard InChI is InChI=1S/C47H89N3O11/c1-5-7-9-11-13-15-17-19-21-23-25-29-35-58-43(51)33-32-42(45(53)59-36-30-26-24-22-20-18-16-14-12-10-8-6-2)49-44(52)41(50-47(55)61-40-38-57-4)31-27-28-34-48-46(54)60-39-37-56-3/h41-42H,5-40H2,1-4H3,(H,48,54)(H,49,52)(H,50,55). The Labute approximate surface area is 370 Å². The van der Waals surface area contributed by atoms with Crippen molar-refractivity contribution in [3.63, 3.8) is 0 Å². The van der Waals surface area contributed by atoms with Crippen molar-refractivity contribution in [2.45, 2.75) is 212 Å². The average Bonchev–Trinajstić information content (AvgIpc) is 3.25. The molecule has 0 aromatic carbocycles. The summed E-state index contributed by atoms with van der Waals surface area (Å²) in [6.45, 7) is 5.86. The Morgan fingerprint density at radius 1 is 0.410 bits per heavy atom. The van der Waals surface area contributed by atoms with Crippen LogP contribution < -0.4 is 16.0 Å². The number of alkyl carbamates (subject to hydrolysis) is 2. The first-order valence-corrected chi connectivity index (χ1v) is 24.2. The molecular weight excluding hydrogens is 783 g/mol. The molecule has 0 heterocycles. The molecule has 3 amide bonds. The third-order valence-electron chi connectivity index (χ3n) is 10.6. The summed E-state index contributed by atoms with van der Waals surface area (Å²) in [6.07, 6.45) is 28.3. The molecule has 14 heteroatoms. The van der Waals surface area contributed by atoms with Crippen molar-refractivity contribution in [2.24, 2.45) is 0 Å². The van der Waals surface area contributed by atoms with Crippen LogP contribution in [0.1, 0.15) is 200 Å². The van der Waals surface area contributed by atoms with Gasteiger partial charge in [-0.3, -0.25) is 9.59 Å². The molecule has 14 nitrogen and oxygen atoms in total. The highest BCUT2D eigenvalue weighted by molar-refractivity contribution is 5.89. The lowest BCUT2D eigenvalue weighted by molar-refractivity contribution is -0.149. The summed E-state index contributed by atoms with van der Waals surface area (Å²) in [7, 11) is 2.99. The van der Waals surface area contributed by atoms with Gasteiger partial charge in [0, 0.05) is 27.2 Å². The van der Waals surface area contributed by atoms with Crippen LogP contribution in [0.5, 0.6) is 0 Å². The molecule has 2 unspecified atom stereocenters. The summed E-state index contributed by atoms with van der Waals surface area (Å²) in [5.41, 5.74) is 0. The number of unbranched alkanes of at least 4 members (excludes halogenated alkanes) is 23. The van der Waals surface area contributed by atoms with Gasteiger partial charge in [-0.1, -0.05) is 155 Å². The topological polar surface area (TPSA) is 177 Å². The molecule has 0 saturated heterocycles. The van der Waals surface area contributed by atoms with Crippen LogP contribution in [0.15, 0.2) is 0 Å². The smallest absolute Gasteiger partial charge is 0.407 e. The summed E-state index contributed by atoms with van der Waals surface area (Å²) in [6, 6.07) is -2.19. The number of methoxy groups -OCH3 is 2. The SMILES string of the molecule is CCCCCCCCCCCCCCOC(=O)CCC(NC(=O)C(CCCCNC(=O)OCCOC)NC(=O)OCCOC)C(=O)OCCCCCCCCCCCCCC. The molecule has 2 atom stereocenters. The number of nitrogens with one attached hydrogen (secondary N) is 3. The van der Waals surface area contributed by atoms with Crippen molar-refractivity contribution in [2.75, 3.05) is 60.4 Å². The van der Waals surface area contributed by atoms with E-state index in [9.17, 15) is 24.0 Å². The fourth-order valence-electron chi connectivity index (χ4n) is 6.80. The van der Waals surface area contributed by atoms with E-state index in [2.05, 4.69) is 29.8 Å². The van der Waals surface area contributed by atoms with Crippen molar-refractivity contribution in [1.82, 2.24) is 16.0 Å². The van der Waals surface area contributed by atoms with Gasteiger partial charge in [0.2, 0.25) is 5.91 Å². The molecule has 0 aliphatic heterocycles.